The zero-order valence-electron chi connectivity index (χ0n) is 30.7. The van der Waals surface area contributed by atoms with E-state index in [1.54, 1.807) is 32.1 Å². The van der Waals surface area contributed by atoms with Crippen LogP contribution in [0.25, 0.3) is 0 Å². The van der Waals surface area contributed by atoms with E-state index in [-0.39, 0.29) is 72.6 Å². The topological polar surface area (TPSA) is 168 Å². The van der Waals surface area contributed by atoms with Gasteiger partial charge in [0, 0.05) is 31.0 Å². The number of aryl methyl sites for hydroxylation is 1. The second kappa shape index (κ2) is 18.6. The summed E-state index contributed by atoms with van der Waals surface area (Å²) in [6, 6.07) is 6.43. The molecule has 0 radical (unpaired) electrons. The molecule has 2 amide bonds. The quantitative estimate of drug-likeness (QED) is 0.102. The van der Waals surface area contributed by atoms with E-state index in [2.05, 4.69) is 29.7 Å². The predicted molar refractivity (Wildman–Crippen MR) is 193 cm³/mol. The standard InChI is InChI=1S/C39H55N3O9/c1-24(11-15-30-21-39(23-48-39)22-31(51-30)20-37(45)47-6)12-16-34-25(2)19-33(28(5)50-34)41-35(43)17-13-26(3)49-36(44)18-14-29-9-7-8-10-32(29)42-38(46)27(4)40/h7-13,15,17,25-28,30-31,33-34H,14,16,18-23,40H2,1-6H3,(H,41,43)(H,42,46)/t25-,26-,27-,28+,30+,31+,33+,34-,39+/m0/s1. The van der Waals surface area contributed by atoms with Crippen molar-refractivity contribution in [2.45, 2.75) is 128 Å². The number of carbonyl (C=O) groups excluding carboxylic acids is 4. The van der Waals surface area contributed by atoms with Gasteiger partial charge in [0.2, 0.25) is 11.8 Å². The fourth-order valence-electron chi connectivity index (χ4n) is 6.49. The number of para-hydroxylation sites is 1. The molecule has 0 saturated carbocycles. The van der Waals surface area contributed by atoms with Crippen LogP contribution in [-0.4, -0.2) is 85.7 Å². The van der Waals surface area contributed by atoms with Crippen LogP contribution in [0.15, 0.2) is 60.2 Å². The first-order valence-electron chi connectivity index (χ1n) is 17.9. The molecule has 4 N–H and O–H groups in total. The Morgan fingerprint density at radius 2 is 1.82 bits per heavy atom. The van der Waals surface area contributed by atoms with Gasteiger partial charge in [0.1, 0.15) is 6.10 Å². The minimum atomic E-state index is -0.654. The number of nitrogens with two attached hydrogens (primary N) is 1. The minimum Gasteiger partial charge on any atom is -0.469 e. The third kappa shape index (κ3) is 12.7. The summed E-state index contributed by atoms with van der Waals surface area (Å²) in [4.78, 5) is 49.1. The van der Waals surface area contributed by atoms with E-state index < -0.39 is 18.1 Å². The van der Waals surface area contributed by atoms with Gasteiger partial charge in [-0.1, -0.05) is 48.9 Å². The lowest BCUT2D eigenvalue weighted by molar-refractivity contribution is -0.147. The van der Waals surface area contributed by atoms with Crippen LogP contribution in [0.5, 0.6) is 0 Å². The number of benzene rings is 1. The molecule has 0 bridgehead atoms. The number of epoxide rings is 1. The number of hydrogen-bond donors (Lipinski definition) is 3. The van der Waals surface area contributed by atoms with E-state index in [4.69, 9.17) is 29.4 Å². The lowest BCUT2D eigenvalue weighted by Gasteiger charge is -2.39. The zero-order chi connectivity index (χ0) is 37.1. The molecule has 0 aliphatic carbocycles. The summed E-state index contributed by atoms with van der Waals surface area (Å²) in [5, 5.41) is 5.82. The molecule has 3 saturated heterocycles. The second-order valence-electron chi connectivity index (χ2n) is 14.2. The Morgan fingerprint density at radius 3 is 2.53 bits per heavy atom. The van der Waals surface area contributed by atoms with E-state index >= 15 is 0 Å². The third-order valence-electron chi connectivity index (χ3n) is 9.63. The van der Waals surface area contributed by atoms with Crippen molar-refractivity contribution in [2.75, 3.05) is 19.0 Å². The lowest BCUT2D eigenvalue weighted by atomic mass is 9.88. The molecule has 3 aliphatic heterocycles. The van der Waals surface area contributed by atoms with Crippen LogP contribution in [0.4, 0.5) is 5.69 Å². The highest BCUT2D eigenvalue weighted by molar-refractivity contribution is 5.95. The van der Waals surface area contributed by atoms with Gasteiger partial charge in [0.05, 0.1) is 62.2 Å². The molecule has 51 heavy (non-hydrogen) atoms. The molecule has 0 unspecified atom stereocenters. The van der Waals surface area contributed by atoms with Gasteiger partial charge in [-0.15, -0.1) is 0 Å². The number of ether oxygens (including phenoxy) is 5. The van der Waals surface area contributed by atoms with E-state index in [1.807, 2.05) is 32.1 Å². The van der Waals surface area contributed by atoms with Crippen molar-refractivity contribution in [3.8, 4) is 0 Å². The lowest BCUT2D eigenvalue weighted by Crippen LogP contribution is -2.50. The SMILES string of the molecule is COC(=O)C[C@@H]1C[C@@]2(CO2)C[C@@H](C=CC(C)=CC[C@@H]2O[C@H](C)[C@H](NC(=O)C=C[C@H](C)OC(=O)CCc3ccccc3NC(=O)[C@H](C)N)C[C@@H]2C)O1. The largest absolute Gasteiger partial charge is 0.469 e. The average Bonchev–Trinajstić information content (AvgIpc) is 3.83. The third-order valence-corrected chi connectivity index (χ3v) is 9.63. The smallest absolute Gasteiger partial charge is 0.308 e. The van der Waals surface area contributed by atoms with Crippen LogP contribution in [0.3, 0.4) is 0 Å². The monoisotopic (exact) mass is 709 g/mol. The number of methoxy groups -OCH3 is 1. The van der Waals surface area contributed by atoms with E-state index in [1.165, 1.54) is 13.2 Å². The maximum Gasteiger partial charge on any atom is 0.308 e. The van der Waals surface area contributed by atoms with Gasteiger partial charge in [-0.2, -0.15) is 0 Å². The summed E-state index contributed by atoms with van der Waals surface area (Å²) in [6.45, 7) is 10.1. The number of nitrogens with one attached hydrogen (secondary N) is 2. The first-order valence-corrected chi connectivity index (χ1v) is 17.9. The molecule has 3 fully saturated rings. The maximum atomic E-state index is 12.8. The van der Waals surface area contributed by atoms with Crippen molar-refractivity contribution in [1.82, 2.24) is 5.32 Å². The Labute approximate surface area is 301 Å². The van der Waals surface area contributed by atoms with Gasteiger partial charge in [-0.05, 0) is 70.6 Å². The maximum absolute atomic E-state index is 12.8. The number of amides is 2. The van der Waals surface area contributed by atoms with Crippen LogP contribution in [0, 0.1) is 5.92 Å². The summed E-state index contributed by atoms with van der Waals surface area (Å²) >= 11 is 0. The van der Waals surface area contributed by atoms with Gasteiger partial charge >= 0.3 is 11.9 Å². The number of allylic oxidation sites excluding steroid dienone is 2. The van der Waals surface area contributed by atoms with E-state index in [9.17, 15) is 19.2 Å². The molecule has 1 spiro atoms. The molecule has 12 heteroatoms. The molecule has 3 aliphatic rings. The highest BCUT2D eigenvalue weighted by atomic mass is 16.6. The summed E-state index contributed by atoms with van der Waals surface area (Å²) < 4.78 is 28.5. The van der Waals surface area contributed by atoms with Crippen molar-refractivity contribution in [3.05, 3.63) is 65.8 Å². The summed E-state index contributed by atoms with van der Waals surface area (Å²) in [5.41, 5.74) is 7.97. The second-order valence-corrected chi connectivity index (χ2v) is 14.2. The highest BCUT2D eigenvalue weighted by Gasteiger charge is 2.51. The van der Waals surface area contributed by atoms with Crippen molar-refractivity contribution in [2.24, 2.45) is 11.7 Å². The van der Waals surface area contributed by atoms with Crippen molar-refractivity contribution in [1.29, 1.82) is 0 Å². The Balaban J connectivity index is 1.18. The van der Waals surface area contributed by atoms with Gasteiger partial charge in [-0.3, -0.25) is 19.2 Å². The fourth-order valence-corrected chi connectivity index (χ4v) is 6.49. The normalized spacial score (nSPS) is 29.0. The molecule has 280 valence electrons. The van der Waals surface area contributed by atoms with Crippen LogP contribution in [0.1, 0.15) is 78.7 Å². The first-order chi connectivity index (χ1) is 24.3. The molecule has 9 atom stereocenters. The summed E-state index contributed by atoms with van der Waals surface area (Å²) in [5.74, 6) is -1.06. The summed E-state index contributed by atoms with van der Waals surface area (Å²) in [7, 11) is 1.39. The number of anilines is 1. The molecule has 0 aromatic heterocycles. The molecular formula is C39H55N3O9. The van der Waals surface area contributed by atoms with Crippen LogP contribution in [-0.2, 0) is 49.3 Å². The predicted octanol–water partition coefficient (Wildman–Crippen LogP) is 4.46. The van der Waals surface area contributed by atoms with E-state index in [0.29, 0.717) is 25.1 Å². The number of esters is 2. The molecule has 3 heterocycles. The molecular weight excluding hydrogens is 654 g/mol. The fraction of sp³-hybridized carbons (Fsp3) is 0.590. The number of carbonyl (C=O) groups is 4. The van der Waals surface area contributed by atoms with Crippen LogP contribution in [0.2, 0.25) is 0 Å². The first kappa shape index (κ1) is 39.9. The molecule has 1 aromatic rings. The number of rotatable bonds is 15. The van der Waals surface area contributed by atoms with Crippen molar-refractivity contribution >= 4 is 29.4 Å². The Kier molecular flexibility index (Phi) is 14.6. The van der Waals surface area contributed by atoms with Crippen LogP contribution < -0.4 is 16.4 Å². The Morgan fingerprint density at radius 1 is 1.08 bits per heavy atom. The van der Waals surface area contributed by atoms with Crippen LogP contribution >= 0.6 is 0 Å². The zero-order valence-corrected chi connectivity index (χ0v) is 30.7. The molecule has 12 nitrogen and oxygen atoms in total. The van der Waals surface area contributed by atoms with Gasteiger partial charge in [0.15, 0.2) is 0 Å². The number of hydrogen-bond acceptors (Lipinski definition) is 10. The van der Waals surface area contributed by atoms with Crippen molar-refractivity contribution in [3.63, 3.8) is 0 Å². The molecule has 1 aromatic carbocycles. The summed E-state index contributed by atoms with van der Waals surface area (Å²) in [6.07, 6.45) is 11.8. The van der Waals surface area contributed by atoms with Crippen molar-refractivity contribution < 1.29 is 42.9 Å². The Bertz CT molecular complexity index is 1470. The average molecular weight is 710 g/mol. The Hall–Kier alpha value is -3.84. The molecule has 4 rings (SSSR count). The van der Waals surface area contributed by atoms with E-state index in [0.717, 1.165) is 30.4 Å². The van der Waals surface area contributed by atoms with Gasteiger partial charge < -0.3 is 40.1 Å². The minimum absolute atomic E-state index is 0.0115. The van der Waals surface area contributed by atoms with Gasteiger partial charge in [-0.25, -0.2) is 0 Å². The highest BCUT2D eigenvalue weighted by Crippen LogP contribution is 2.43. The van der Waals surface area contributed by atoms with Gasteiger partial charge in [0.25, 0.3) is 0 Å².